The van der Waals surface area contributed by atoms with Crippen LogP contribution in [0.2, 0.25) is 0 Å². The minimum Gasteiger partial charge on any atom is -0.305 e. The van der Waals surface area contributed by atoms with Gasteiger partial charge in [-0.15, -0.1) is 0 Å². The van der Waals surface area contributed by atoms with Crippen LogP contribution < -0.4 is 5.56 Å². The highest BCUT2D eigenvalue weighted by molar-refractivity contribution is 5.78. The molecule has 0 aliphatic rings. The van der Waals surface area contributed by atoms with Crippen LogP contribution in [0.5, 0.6) is 0 Å². The average molecular weight is 293 g/mol. The van der Waals surface area contributed by atoms with Gasteiger partial charge in [-0.2, -0.15) is 10.4 Å². The Labute approximate surface area is 127 Å². The Bertz CT molecular complexity index is 912. The monoisotopic (exact) mass is 293 g/mol. The third-order valence-electron chi connectivity index (χ3n) is 3.46. The van der Waals surface area contributed by atoms with E-state index >= 15 is 0 Å². The molecule has 22 heavy (non-hydrogen) atoms. The molecule has 0 unspecified atom stereocenters. The minimum atomic E-state index is -0.362. The van der Waals surface area contributed by atoms with E-state index in [2.05, 4.69) is 15.1 Å². The summed E-state index contributed by atoms with van der Waals surface area (Å²) in [7, 11) is 4.04. The van der Waals surface area contributed by atoms with E-state index in [1.54, 1.807) is 6.07 Å². The molecule has 0 bridgehead atoms. The summed E-state index contributed by atoms with van der Waals surface area (Å²) in [5.41, 5.74) is 3.24. The summed E-state index contributed by atoms with van der Waals surface area (Å²) in [4.78, 5) is 14.1. The maximum atomic E-state index is 12.1. The molecule has 1 aromatic carbocycles. The van der Waals surface area contributed by atoms with Gasteiger partial charge in [0.2, 0.25) is 0 Å². The number of aromatic nitrogens is 3. The first-order chi connectivity index (χ1) is 10.6. The lowest BCUT2D eigenvalue weighted by atomic mass is 10.0. The summed E-state index contributed by atoms with van der Waals surface area (Å²) in [5.74, 6) is 0. The number of benzene rings is 1. The molecule has 0 aliphatic carbocycles. The van der Waals surface area contributed by atoms with Crippen molar-refractivity contribution in [1.29, 1.82) is 5.26 Å². The summed E-state index contributed by atoms with van der Waals surface area (Å²) in [6.45, 7) is 0.859. The predicted octanol–water partition coefficient (Wildman–Crippen LogP) is 1.62. The number of nitriles is 1. The fourth-order valence-corrected chi connectivity index (χ4v) is 2.46. The van der Waals surface area contributed by atoms with Crippen LogP contribution in [0.1, 0.15) is 11.1 Å². The van der Waals surface area contributed by atoms with Gasteiger partial charge in [-0.3, -0.25) is 9.89 Å². The third kappa shape index (κ3) is 2.38. The molecule has 3 aromatic rings. The Morgan fingerprint density at radius 1 is 1.32 bits per heavy atom. The quantitative estimate of drug-likeness (QED) is 0.796. The van der Waals surface area contributed by atoms with Gasteiger partial charge in [-0.25, -0.2) is 4.40 Å². The first kappa shape index (κ1) is 14.0. The standard InChI is InChI=1S/C16H15N5O/c1-20(2)9-11-3-5-12(6-4-11)14-7-13(8-17)16(22)21-10-18-19-15(14)21/h3-7,10,19H,9H2,1-2H3. The average Bonchev–Trinajstić information content (AvgIpc) is 2.98. The molecule has 0 amide bonds. The van der Waals surface area contributed by atoms with Crippen LogP contribution in [-0.2, 0) is 6.54 Å². The van der Waals surface area contributed by atoms with E-state index in [1.807, 2.05) is 44.4 Å². The number of rotatable bonds is 3. The van der Waals surface area contributed by atoms with Crippen molar-refractivity contribution in [2.45, 2.75) is 6.54 Å². The lowest BCUT2D eigenvalue weighted by Gasteiger charge is -2.10. The summed E-state index contributed by atoms with van der Waals surface area (Å²) >= 11 is 0. The molecule has 0 fully saturated rings. The predicted molar refractivity (Wildman–Crippen MR) is 83.4 cm³/mol. The van der Waals surface area contributed by atoms with E-state index < -0.39 is 0 Å². The largest absolute Gasteiger partial charge is 0.305 e. The molecular weight excluding hydrogens is 278 g/mol. The zero-order chi connectivity index (χ0) is 15.7. The number of nitrogens with zero attached hydrogens (tertiary/aromatic N) is 4. The molecule has 0 atom stereocenters. The second kappa shape index (κ2) is 5.47. The van der Waals surface area contributed by atoms with E-state index in [1.165, 1.54) is 16.3 Å². The van der Waals surface area contributed by atoms with Crippen LogP contribution in [0, 0.1) is 11.3 Å². The number of hydrogen-bond acceptors (Lipinski definition) is 4. The maximum Gasteiger partial charge on any atom is 0.275 e. The molecule has 0 saturated carbocycles. The van der Waals surface area contributed by atoms with E-state index in [0.717, 1.165) is 17.7 Å². The molecule has 1 N–H and O–H groups in total. The molecule has 0 saturated heterocycles. The van der Waals surface area contributed by atoms with Crippen molar-refractivity contribution >= 4 is 5.65 Å². The SMILES string of the molecule is CN(C)Cc1ccc(-c2cc(C#N)c(=O)n3cn[nH]c23)cc1. The normalized spacial score (nSPS) is 11.0. The zero-order valence-corrected chi connectivity index (χ0v) is 12.4. The first-order valence-corrected chi connectivity index (χ1v) is 6.83. The van der Waals surface area contributed by atoms with Crippen LogP contribution in [0.25, 0.3) is 16.8 Å². The van der Waals surface area contributed by atoms with Crippen molar-refractivity contribution in [1.82, 2.24) is 19.5 Å². The van der Waals surface area contributed by atoms with Gasteiger partial charge in [0.15, 0.2) is 0 Å². The lowest BCUT2D eigenvalue weighted by molar-refractivity contribution is 0.402. The number of aromatic amines is 1. The van der Waals surface area contributed by atoms with Crippen LogP contribution in [0.3, 0.4) is 0 Å². The van der Waals surface area contributed by atoms with Gasteiger partial charge in [0.1, 0.15) is 23.6 Å². The van der Waals surface area contributed by atoms with E-state index in [0.29, 0.717) is 5.65 Å². The van der Waals surface area contributed by atoms with E-state index in [4.69, 9.17) is 5.26 Å². The highest BCUT2D eigenvalue weighted by Crippen LogP contribution is 2.23. The molecule has 110 valence electrons. The Balaban J connectivity index is 2.14. The molecule has 6 nitrogen and oxygen atoms in total. The second-order valence-electron chi connectivity index (χ2n) is 5.40. The van der Waals surface area contributed by atoms with Crippen LogP contribution in [0.4, 0.5) is 0 Å². The van der Waals surface area contributed by atoms with Gasteiger partial charge in [-0.05, 0) is 31.3 Å². The van der Waals surface area contributed by atoms with Crippen LogP contribution in [0.15, 0.2) is 41.5 Å². The lowest BCUT2D eigenvalue weighted by Crippen LogP contribution is -2.15. The highest BCUT2D eigenvalue weighted by Gasteiger charge is 2.12. The zero-order valence-electron chi connectivity index (χ0n) is 12.4. The van der Waals surface area contributed by atoms with Crippen molar-refractivity contribution in [3.63, 3.8) is 0 Å². The summed E-state index contributed by atoms with van der Waals surface area (Å²) < 4.78 is 1.36. The molecule has 2 heterocycles. The molecule has 6 heteroatoms. The maximum absolute atomic E-state index is 12.1. The van der Waals surface area contributed by atoms with Gasteiger partial charge < -0.3 is 4.90 Å². The van der Waals surface area contributed by atoms with Gasteiger partial charge in [-0.1, -0.05) is 24.3 Å². The molecule has 2 aromatic heterocycles. The fourth-order valence-electron chi connectivity index (χ4n) is 2.46. The van der Waals surface area contributed by atoms with E-state index in [9.17, 15) is 4.79 Å². The number of pyridine rings is 1. The minimum absolute atomic E-state index is 0.103. The summed E-state index contributed by atoms with van der Waals surface area (Å²) in [6.07, 6.45) is 1.39. The topological polar surface area (TPSA) is 77.2 Å². The van der Waals surface area contributed by atoms with Gasteiger partial charge >= 0.3 is 0 Å². The van der Waals surface area contributed by atoms with Crippen LogP contribution in [-0.4, -0.2) is 33.6 Å². The number of nitrogens with one attached hydrogen (secondary N) is 1. The second-order valence-corrected chi connectivity index (χ2v) is 5.40. The van der Waals surface area contributed by atoms with Gasteiger partial charge in [0.05, 0.1) is 0 Å². The summed E-state index contributed by atoms with van der Waals surface area (Å²) in [6, 6.07) is 11.6. The van der Waals surface area contributed by atoms with Crippen molar-refractivity contribution in [2.24, 2.45) is 0 Å². The number of fused-ring (bicyclic) bond motifs is 1. The van der Waals surface area contributed by atoms with Crippen LogP contribution >= 0.6 is 0 Å². The first-order valence-electron chi connectivity index (χ1n) is 6.83. The molecular formula is C16H15N5O. The summed E-state index contributed by atoms with van der Waals surface area (Å²) in [5, 5.41) is 15.9. The molecule has 3 rings (SSSR count). The highest BCUT2D eigenvalue weighted by atomic mass is 16.1. The van der Waals surface area contributed by atoms with Gasteiger partial charge in [0, 0.05) is 12.1 Å². The van der Waals surface area contributed by atoms with Crippen molar-refractivity contribution in [3.05, 3.63) is 58.1 Å². The Morgan fingerprint density at radius 2 is 2.05 bits per heavy atom. The molecule has 0 aliphatic heterocycles. The smallest absolute Gasteiger partial charge is 0.275 e. The van der Waals surface area contributed by atoms with Crippen molar-refractivity contribution in [3.8, 4) is 17.2 Å². The Kier molecular flexibility index (Phi) is 3.49. The van der Waals surface area contributed by atoms with Gasteiger partial charge in [0.25, 0.3) is 5.56 Å². The molecule has 0 spiro atoms. The Morgan fingerprint density at radius 3 is 2.68 bits per heavy atom. The van der Waals surface area contributed by atoms with Crippen molar-refractivity contribution < 1.29 is 0 Å². The fraction of sp³-hybridized carbons (Fsp3) is 0.188. The molecule has 0 radical (unpaired) electrons. The Hall–Kier alpha value is -2.91. The number of hydrogen-bond donors (Lipinski definition) is 1. The third-order valence-corrected chi connectivity index (χ3v) is 3.46. The van der Waals surface area contributed by atoms with E-state index in [-0.39, 0.29) is 11.1 Å². The van der Waals surface area contributed by atoms with Crippen molar-refractivity contribution in [2.75, 3.05) is 14.1 Å². The number of H-pyrrole nitrogens is 1.